The van der Waals surface area contributed by atoms with Crippen LogP contribution in [0.5, 0.6) is 0 Å². The molecule has 1 amide bonds. The van der Waals surface area contributed by atoms with Crippen molar-refractivity contribution in [1.82, 2.24) is 0 Å². The lowest BCUT2D eigenvalue weighted by molar-refractivity contribution is -0.323. The van der Waals surface area contributed by atoms with Gasteiger partial charge in [0.25, 0.3) is 0 Å². The Kier molecular flexibility index (Phi) is 3.70. The monoisotopic (exact) mass is 289 g/mol. The number of carboxylic acids is 1. The third-order valence-electron chi connectivity index (χ3n) is 5.21. The fourth-order valence-corrected chi connectivity index (χ4v) is 3.16. The lowest BCUT2D eigenvalue weighted by Gasteiger charge is -2.41. The van der Waals surface area contributed by atoms with Crippen LogP contribution in [-0.2, 0) is 9.59 Å². The summed E-state index contributed by atoms with van der Waals surface area (Å²) in [5.74, 6) is -1.68. The maximum atomic E-state index is 12.5. The number of aliphatic carboxylic acids is 1. The van der Waals surface area contributed by atoms with Gasteiger partial charge in [0.15, 0.2) is 0 Å². The molecule has 2 atom stereocenters. The fraction of sp³-hybridized carbons (Fsp3) is 0.500. The van der Waals surface area contributed by atoms with Crippen LogP contribution in [-0.4, -0.2) is 11.9 Å². The van der Waals surface area contributed by atoms with E-state index in [9.17, 15) is 14.7 Å². The van der Waals surface area contributed by atoms with Crippen molar-refractivity contribution in [3.63, 3.8) is 0 Å². The molecule has 1 fully saturated rings. The number of hydrogen-bond acceptors (Lipinski definition) is 4. The van der Waals surface area contributed by atoms with E-state index in [0.29, 0.717) is 24.2 Å². The minimum atomic E-state index is -1.10. The first-order valence-corrected chi connectivity index (χ1v) is 7.07. The predicted molar refractivity (Wildman–Crippen MR) is 79.1 cm³/mol. The van der Waals surface area contributed by atoms with Crippen LogP contribution in [0.2, 0.25) is 0 Å². The number of nitrogens with one attached hydrogen (secondary N) is 1. The Morgan fingerprint density at radius 2 is 1.90 bits per heavy atom. The van der Waals surface area contributed by atoms with Crippen molar-refractivity contribution in [2.45, 2.75) is 33.6 Å². The lowest BCUT2D eigenvalue weighted by Crippen LogP contribution is -2.49. The number of para-hydroxylation sites is 2. The van der Waals surface area contributed by atoms with E-state index in [1.807, 2.05) is 13.8 Å². The third-order valence-corrected chi connectivity index (χ3v) is 5.21. The number of rotatable bonds is 3. The van der Waals surface area contributed by atoms with E-state index in [-0.39, 0.29) is 11.8 Å². The van der Waals surface area contributed by atoms with Crippen molar-refractivity contribution < 1.29 is 14.7 Å². The average Bonchev–Trinajstić information content (AvgIpc) is 2.64. The van der Waals surface area contributed by atoms with E-state index in [1.54, 1.807) is 31.2 Å². The molecule has 1 aromatic carbocycles. The summed E-state index contributed by atoms with van der Waals surface area (Å²) >= 11 is 0. The molecular formula is C16H21N2O3-. The average molecular weight is 289 g/mol. The number of nitrogens with two attached hydrogens (primary N) is 1. The number of amides is 1. The van der Waals surface area contributed by atoms with Gasteiger partial charge in [-0.2, -0.15) is 0 Å². The van der Waals surface area contributed by atoms with Gasteiger partial charge in [-0.25, -0.2) is 0 Å². The van der Waals surface area contributed by atoms with Crippen molar-refractivity contribution in [2.24, 2.45) is 16.7 Å². The number of benzene rings is 1. The molecule has 1 aromatic rings. The van der Waals surface area contributed by atoms with Gasteiger partial charge in [0, 0.05) is 17.3 Å². The van der Waals surface area contributed by atoms with Crippen LogP contribution in [0.3, 0.4) is 0 Å². The summed E-state index contributed by atoms with van der Waals surface area (Å²) in [6.45, 7) is 5.29. The highest BCUT2D eigenvalue weighted by Crippen LogP contribution is 2.55. The summed E-state index contributed by atoms with van der Waals surface area (Å²) in [7, 11) is 0. The molecular weight excluding hydrogens is 268 g/mol. The number of carbonyl (C=O) groups is 2. The number of anilines is 2. The first kappa shape index (κ1) is 15.4. The minimum absolute atomic E-state index is 0.192. The molecule has 0 heterocycles. The molecule has 3 N–H and O–H groups in total. The second-order valence-corrected chi connectivity index (χ2v) is 6.51. The lowest BCUT2D eigenvalue weighted by atomic mass is 9.65. The Bertz CT molecular complexity index is 583. The molecule has 0 aromatic heterocycles. The molecule has 1 aliphatic carbocycles. The van der Waals surface area contributed by atoms with Gasteiger partial charge >= 0.3 is 0 Å². The van der Waals surface area contributed by atoms with Gasteiger partial charge in [-0.05, 0) is 30.4 Å². The predicted octanol–water partition coefficient (Wildman–Crippen LogP) is 1.40. The van der Waals surface area contributed by atoms with Gasteiger partial charge in [0.05, 0.1) is 11.4 Å². The Labute approximate surface area is 124 Å². The summed E-state index contributed by atoms with van der Waals surface area (Å²) in [6, 6.07) is 7.02. The van der Waals surface area contributed by atoms with Crippen LogP contribution in [0.1, 0.15) is 33.6 Å². The fourth-order valence-electron chi connectivity index (χ4n) is 3.16. The van der Waals surface area contributed by atoms with Crippen molar-refractivity contribution >= 4 is 23.3 Å². The number of hydrogen-bond donors (Lipinski definition) is 2. The van der Waals surface area contributed by atoms with Crippen molar-refractivity contribution in [2.75, 3.05) is 11.1 Å². The maximum absolute atomic E-state index is 12.5. The topological polar surface area (TPSA) is 95.2 Å². The maximum Gasteiger partial charge on any atom is 0.228 e. The van der Waals surface area contributed by atoms with E-state index in [4.69, 9.17) is 5.73 Å². The van der Waals surface area contributed by atoms with E-state index < -0.39 is 16.8 Å². The van der Waals surface area contributed by atoms with Gasteiger partial charge < -0.3 is 21.0 Å². The second kappa shape index (κ2) is 5.06. The van der Waals surface area contributed by atoms with Crippen LogP contribution in [0.4, 0.5) is 11.4 Å². The van der Waals surface area contributed by atoms with Crippen LogP contribution < -0.4 is 16.2 Å². The second-order valence-electron chi connectivity index (χ2n) is 6.51. The van der Waals surface area contributed by atoms with E-state index in [1.165, 1.54) is 0 Å². The number of carbonyl (C=O) groups excluding carboxylic acids is 2. The highest BCUT2D eigenvalue weighted by molar-refractivity contribution is 5.96. The molecule has 5 heteroatoms. The summed E-state index contributed by atoms with van der Waals surface area (Å²) in [5, 5.41) is 14.3. The molecule has 1 saturated carbocycles. The molecule has 114 valence electrons. The van der Waals surface area contributed by atoms with Crippen LogP contribution in [0.25, 0.3) is 0 Å². The Morgan fingerprint density at radius 3 is 2.43 bits per heavy atom. The van der Waals surface area contributed by atoms with E-state index in [2.05, 4.69) is 5.32 Å². The largest absolute Gasteiger partial charge is 0.550 e. The molecule has 2 rings (SSSR count). The van der Waals surface area contributed by atoms with Crippen molar-refractivity contribution in [1.29, 1.82) is 0 Å². The summed E-state index contributed by atoms with van der Waals surface area (Å²) in [5.41, 5.74) is 5.18. The molecule has 0 spiro atoms. The number of carboxylic acid groups (broad SMARTS) is 1. The Hall–Kier alpha value is -2.04. The van der Waals surface area contributed by atoms with Crippen molar-refractivity contribution in [3.05, 3.63) is 24.3 Å². The quantitative estimate of drug-likeness (QED) is 0.822. The SMILES string of the molecule is CC1(C)[C@@H](C(=O)Nc2ccccc2N)CC[C@@]1(C)C(=O)[O-]. The molecule has 0 saturated heterocycles. The molecule has 1 aliphatic rings. The Morgan fingerprint density at radius 1 is 1.29 bits per heavy atom. The van der Waals surface area contributed by atoms with Crippen LogP contribution in [0.15, 0.2) is 24.3 Å². The highest BCUT2D eigenvalue weighted by Gasteiger charge is 2.54. The molecule has 0 radical (unpaired) electrons. The molecule has 0 bridgehead atoms. The number of nitrogen functional groups attached to an aromatic ring is 1. The summed E-state index contributed by atoms with van der Waals surface area (Å²) < 4.78 is 0. The molecule has 21 heavy (non-hydrogen) atoms. The summed E-state index contributed by atoms with van der Waals surface area (Å²) in [4.78, 5) is 24.0. The van der Waals surface area contributed by atoms with Crippen molar-refractivity contribution in [3.8, 4) is 0 Å². The van der Waals surface area contributed by atoms with Crippen LogP contribution >= 0.6 is 0 Å². The van der Waals surface area contributed by atoms with Gasteiger partial charge in [-0.15, -0.1) is 0 Å². The molecule has 0 unspecified atom stereocenters. The first-order chi connectivity index (χ1) is 9.70. The van der Waals surface area contributed by atoms with Gasteiger partial charge in [0.2, 0.25) is 5.91 Å². The standard InChI is InChI=1S/C16H22N2O3/c1-15(2)10(8-9-16(15,3)14(20)21)13(19)18-12-7-5-4-6-11(12)17/h4-7,10H,8-9,17H2,1-3H3,(H,18,19)(H,20,21)/p-1/t10-,16+/m1/s1. The highest BCUT2D eigenvalue weighted by atomic mass is 16.4. The molecule has 5 nitrogen and oxygen atoms in total. The van der Waals surface area contributed by atoms with Gasteiger partial charge in [-0.1, -0.05) is 32.9 Å². The van der Waals surface area contributed by atoms with Gasteiger partial charge in [-0.3, -0.25) is 4.79 Å². The normalized spacial score (nSPS) is 27.3. The molecule has 0 aliphatic heterocycles. The Balaban J connectivity index is 2.22. The zero-order valence-corrected chi connectivity index (χ0v) is 12.6. The van der Waals surface area contributed by atoms with E-state index in [0.717, 1.165) is 0 Å². The minimum Gasteiger partial charge on any atom is -0.550 e. The van der Waals surface area contributed by atoms with Gasteiger partial charge in [0.1, 0.15) is 0 Å². The zero-order chi connectivity index (χ0) is 15.8. The van der Waals surface area contributed by atoms with E-state index >= 15 is 0 Å². The summed E-state index contributed by atoms with van der Waals surface area (Å²) in [6.07, 6.45) is 0.959. The van der Waals surface area contributed by atoms with Crippen LogP contribution in [0, 0.1) is 16.7 Å². The smallest absolute Gasteiger partial charge is 0.228 e. The third kappa shape index (κ3) is 2.37. The zero-order valence-electron chi connectivity index (χ0n) is 12.6. The first-order valence-electron chi connectivity index (χ1n) is 7.07.